The van der Waals surface area contributed by atoms with E-state index in [1.54, 1.807) is 17.1 Å². The largest absolute Gasteiger partial charge is 0.250 e. The zero-order chi connectivity index (χ0) is 12.4. The van der Waals surface area contributed by atoms with Gasteiger partial charge < -0.3 is 0 Å². The van der Waals surface area contributed by atoms with Crippen LogP contribution in [0, 0.1) is 13.8 Å². The van der Waals surface area contributed by atoms with Crippen molar-refractivity contribution in [2.45, 2.75) is 33.1 Å². The molecule has 0 radical (unpaired) electrons. The van der Waals surface area contributed by atoms with Crippen LogP contribution in [0.5, 0.6) is 0 Å². The van der Waals surface area contributed by atoms with E-state index in [-0.39, 0.29) is 0 Å². The van der Waals surface area contributed by atoms with Gasteiger partial charge >= 0.3 is 0 Å². The SMILES string of the molecule is CCc1c(C)nn(-c2ncc(CCl)cn2)c1C. The molecule has 90 valence electrons. The summed E-state index contributed by atoms with van der Waals surface area (Å²) >= 11 is 5.71. The van der Waals surface area contributed by atoms with Gasteiger partial charge in [-0.3, -0.25) is 0 Å². The standard InChI is InChI=1S/C12H15ClN4/c1-4-11-8(2)16-17(9(11)3)12-14-6-10(5-13)7-15-12/h6-7H,4-5H2,1-3H3. The Bertz CT molecular complexity index is 516. The van der Waals surface area contributed by atoms with E-state index in [0.29, 0.717) is 11.8 Å². The van der Waals surface area contributed by atoms with Crippen molar-refractivity contribution in [1.29, 1.82) is 0 Å². The summed E-state index contributed by atoms with van der Waals surface area (Å²) in [6, 6.07) is 0. The number of aromatic nitrogens is 4. The van der Waals surface area contributed by atoms with E-state index >= 15 is 0 Å². The summed E-state index contributed by atoms with van der Waals surface area (Å²) in [4.78, 5) is 8.55. The van der Waals surface area contributed by atoms with Crippen molar-refractivity contribution < 1.29 is 0 Å². The predicted molar refractivity (Wildman–Crippen MR) is 67.6 cm³/mol. The third-order valence-electron chi connectivity index (χ3n) is 2.83. The minimum atomic E-state index is 0.428. The fraction of sp³-hybridized carbons (Fsp3) is 0.417. The van der Waals surface area contributed by atoms with Gasteiger partial charge in [0.1, 0.15) is 0 Å². The van der Waals surface area contributed by atoms with Gasteiger partial charge in [-0.15, -0.1) is 11.6 Å². The molecule has 2 aromatic rings. The number of rotatable bonds is 3. The van der Waals surface area contributed by atoms with E-state index in [4.69, 9.17) is 11.6 Å². The van der Waals surface area contributed by atoms with Gasteiger partial charge in [0.2, 0.25) is 0 Å². The molecule has 0 fully saturated rings. The summed E-state index contributed by atoms with van der Waals surface area (Å²) in [6.45, 7) is 6.17. The number of halogens is 1. The van der Waals surface area contributed by atoms with Crippen molar-refractivity contribution in [2.24, 2.45) is 0 Å². The van der Waals surface area contributed by atoms with E-state index in [2.05, 4.69) is 22.0 Å². The van der Waals surface area contributed by atoms with E-state index < -0.39 is 0 Å². The van der Waals surface area contributed by atoms with Gasteiger partial charge in [0, 0.05) is 23.7 Å². The molecule has 0 aliphatic heterocycles. The zero-order valence-electron chi connectivity index (χ0n) is 10.2. The third kappa shape index (κ3) is 2.17. The number of alkyl halides is 1. The monoisotopic (exact) mass is 250 g/mol. The summed E-state index contributed by atoms with van der Waals surface area (Å²) < 4.78 is 1.78. The molecular formula is C12H15ClN4. The van der Waals surface area contributed by atoms with Crippen molar-refractivity contribution >= 4 is 11.6 Å². The molecule has 2 rings (SSSR count). The first kappa shape index (κ1) is 12.0. The van der Waals surface area contributed by atoms with Crippen LogP contribution in [-0.2, 0) is 12.3 Å². The fourth-order valence-corrected chi connectivity index (χ4v) is 2.05. The summed E-state index contributed by atoms with van der Waals surface area (Å²) in [6.07, 6.45) is 4.44. The minimum Gasteiger partial charge on any atom is -0.219 e. The predicted octanol–water partition coefficient (Wildman–Crippen LogP) is 2.58. The van der Waals surface area contributed by atoms with Gasteiger partial charge in [-0.2, -0.15) is 5.10 Å². The lowest BCUT2D eigenvalue weighted by molar-refractivity contribution is 0.770. The molecule has 0 atom stereocenters. The topological polar surface area (TPSA) is 43.6 Å². The second kappa shape index (κ2) is 4.84. The quantitative estimate of drug-likeness (QED) is 0.787. The maximum atomic E-state index is 5.71. The number of hydrogen-bond donors (Lipinski definition) is 0. The molecule has 0 aliphatic rings. The number of aryl methyl sites for hydroxylation is 1. The average Bonchev–Trinajstić information content (AvgIpc) is 2.64. The molecule has 2 heterocycles. The van der Waals surface area contributed by atoms with E-state index in [0.717, 1.165) is 23.4 Å². The highest BCUT2D eigenvalue weighted by Crippen LogP contribution is 2.16. The first-order valence-corrected chi connectivity index (χ1v) is 6.13. The molecule has 0 saturated heterocycles. The Morgan fingerprint density at radius 1 is 1.24 bits per heavy atom. The van der Waals surface area contributed by atoms with Crippen LogP contribution in [0.3, 0.4) is 0 Å². The van der Waals surface area contributed by atoms with Gasteiger partial charge in [-0.1, -0.05) is 6.92 Å². The summed E-state index contributed by atoms with van der Waals surface area (Å²) in [7, 11) is 0. The van der Waals surface area contributed by atoms with Crippen molar-refractivity contribution in [3.8, 4) is 5.95 Å². The van der Waals surface area contributed by atoms with Crippen LogP contribution >= 0.6 is 11.6 Å². The lowest BCUT2D eigenvalue weighted by Crippen LogP contribution is -2.05. The van der Waals surface area contributed by atoms with Crippen LogP contribution in [0.15, 0.2) is 12.4 Å². The van der Waals surface area contributed by atoms with Gasteiger partial charge in [0.05, 0.1) is 11.6 Å². The van der Waals surface area contributed by atoms with Crippen LogP contribution in [0.4, 0.5) is 0 Å². The fourth-order valence-electron chi connectivity index (χ4n) is 1.91. The van der Waals surface area contributed by atoms with Crippen molar-refractivity contribution in [1.82, 2.24) is 19.7 Å². The molecule has 0 aliphatic carbocycles. The maximum absolute atomic E-state index is 5.71. The molecule has 0 amide bonds. The highest BCUT2D eigenvalue weighted by molar-refractivity contribution is 6.17. The molecule has 0 aromatic carbocycles. The van der Waals surface area contributed by atoms with E-state index in [1.165, 1.54) is 5.56 Å². The second-order valence-corrected chi connectivity index (χ2v) is 4.21. The molecule has 0 saturated carbocycles. The Labute approximate surface area is 106 Å². The van der Waals surface area contributed by atoms with Gasteiger partial charge in [-0.25, -0.2) is 14.6 Å². The van der Waals surface area contributed by atoms with Crippen molar-refractivity contribution in [3.63, 3.8) is 0 Å². The van der Waals surface area contributed by atoms with E-state index in [9.17, 15) is 0 Å². The Kier molecular flexibility index (Phi) is 3.43. The molecule has 4 nitrogen and oxygen atoms in total. The highest BCUT2D eigenvalue weighted by Gasteiger charge is 2.12. The minimum absolute atomic E-state index is 0.428. The summed E-state index contributed by atoms with van der Waals surface area (Å²) in [5.41, 5.74) is 4.31. The lowest BCUT2D eigenvalue weighted by Gasteiger charge is -2.03. The van der Waals surface area contributed by atoms with Gasteiger partial charge in [0.25, 0.3) is 5.95 Å². The van der Waals surface area contributed by atoms with Crippen LogP contribution in [0.25, 0.3) is 5.95 Å². The Balaban J connectivity index is 2.45. The smallest absolute Gasteiger partial charge is 0.219 e. The molecule has 17 heavy (non-hydrogen) atoms. The normalized spacial score (nSPS) is 10.8. The van der Waals surface area contributed by atoms with Crippen LogP contribution in [0.2, 0.25) is 0 Å². The highest BCUT2D eigenvalue weighted by atomic mass is 35.5. The van der Waals surface area contributed by atoms with E-state index in [1.807, 2.05) is 13.8 Å². The Hall–Kier alpha value is -1.42. The molecular weight excluding hydrogens is 236 g/mol. The first-order valence-electron chi connectivity index (χ1n) is 5.59. The molecule has 0 unspecified atom stereocenters. The van der Waals surface area contributed by atoms with Gasteiger partial charge in [-0.05, 0) is 25.8 Å². The lowest BCUT2D eigenvalue weighted by atomic mass is 10.1. The first-order chi connectivity index (χ1) is 8.17. The summed E-state index contributed by atoms with van der Waals surface area (Å²) in [5, 5.41) is 4.47. The third-order valence-corrected chi connectivity index (χ3v) is 3.14. The molecule has 0 N–H and O–H groups in total. The maximum Gasteiger partial charge on any atom is 0.250 e. The molecule has 5 heteroatoms. The Morgan fingerprint density at radius 2 is 1.88 bits per heavy atom. The molecule has 0 bridgehead atoms. The Morgan fingerprint density at radius 3 is 2.35 bits per heavy atom. The molecule has 0 spiro atoms. The number of nitrogens with zero attached hydrogens (tertiary/aromatic N) is 4. The van der Waals surface area contributed by atoms with Crippen molar-refractivity contribution in [3.05, 3.63) is 34.9 Å². The average molecular weight is 251 g/mol. The number of hydrogen-bond acceptors (Lipinski definition) is 3. The van der Waals surface area contributed by atoms with Crippen LogP contribution in [0.1, 0.15) is 29.4 Å². The summed E-state index contributed by atoms with van der Waals surface area (Å²) in [5.74, 6) is 1.02. The molecule has 2 aromatic heterocycles. The van der Waals surface area contributed by atoms with Crippen molar-refractivity contribution in [2.75, 3.05) is 0 Å². The van der Waals surface area contributed by atoms with Crippen LogP contribution < -0.4 is 0 Å². The van der Waals surface area contributed by atoms with Gasteiger partial charge in [0.15, 0.2) is 0 Å². The second-order valence-electron chi connectivity index (χ2n) is 3.94. The van der Waals surface area contributed by atoms with Crippen LogP contribution in [-0.4, -0.2) is 19.7 Å². The zero-order valence-corrected chi connectivity index (χ0v) is 11.0.